The molecular weight excluding hydrogens is 260 g/mol. The molecule has 0 saturated carbocycles. The molecule has 6 heteroatoms. The fourth-order valence-electron chi connectivity index (χ4n) is 1.48. The number of halogens is 2. The van der Waals surface area contributed by atoms with Gasteiger partial charge in [0, 0.05) is 10.4 Å². The summed E-state index contributed by atoms with van der Waals surface area (Å²) in [6, 6.07) is 4.53. The highest BCUT2D eigenvalue weighted by Gasteiger charge is 2.17. The first-order chi connectivity index (χ1) is 8.52. The lowest BCUT2D eigenvalue weighted by Gasteiger charge is -1.99. The predicted octanol–water partition coefficient (Wildman–Crippen LogP) is 3.06. The molecule has 0 aliphatic carbocycles. The number of anilines is 1. The lowest BCUT2D eigenvalue weighted by atomic mass is 10.1. The van der Waals surface area contributed by atoms with Gasteiger partial charge >= 0.3 is 5.97 Å². The van der Waals surface area contributed by atoms with Crippen molar-refractivity contribution < 1.29 is 18.3 Å². The molecule has 3 nitrogen and oxygen atoms in total. The largest absolute Gasteiger partial charge is 0.465 e. The summed E-state index contributed by atoms with van der Waals surface area (Å²) >= 11 is 0.962. The Hall–Kier alpha value is -1.95. The normalized spacial score (nSPS) is 10.4. The number of nitrogen functional groups attached to an aromatic ring is 1. The standard InChI is InChI=1S/C12H9F2NO2S/c1-17-12(16)11-9(15)5-10(18-11)7-4-6(13)2-3-8(7)14/h2-5H,15H2,1H3. The number of methoxy groups -OCH3 is 1. The molecule has 0 aliphatic rings. The quantitative estimate of drug-likeness (QED) is 0.852. The number of hydrogen-bond acceptors (Lipinski definition) is 4. The van der Waals surface area contributed by atoms with E-state index in [1.807, 2.05) is 0 Å². The van der Waals surface area contributed by atoms with E-state index in [4.69, 9.17) is 5.73 Å². The maximum atomic E-state index is 13.6. The van der Waals surface area contributed by atoms with E-state index in [1.54, 1.807) is 0 Å². The third-order valence-electron chi connectivity index (χ3n) is 2.33. The topological polar surface area (TPSA) is 52.3 Å². The Morgan fingerprint density at radius 1 is 1.33 bits per heavy atom. The van der Waals surface area contributed by atoms with Crippen molar-refractivity contribution in [1.29, 1.82) is 0 Å². The zero-order valence-corrected chi connectivity index (χ0v) is 10.2. The van der Waals surface area contributed by atoms with Gasteiger partial charge in [-0.25, -0.2) is 13.6 Å². The van der Waals surface area contributed by atoms with Crippen molar-refractivity contribution >= 4 is 23.0 Å². The van der Waals surface area contributed by atoms with Crippen LogP contribution in [-0.4, -0.2) is 13.1 Å². The van der Waals surface area contributed by atoms with Gasteiger partial charge in [-0.05, 0) is 24.3 Å². The number of thiophene rings is 1. The minimum Gasteiger partial charge on any atom is -0.465 e. The molecule has 0 spiro atoms. The van der Waals surface area contributed by atoms with Gasteiger partial charge in [0.15, 0.2) is 0 Å². The van der Waals surface area contributed by atoms with E-state index < -0.39 is 17.6 Å². The van der Waals surface area contributed by atoms with Gasteiger partial charge in [0.1, 0.15) is 16.5 Å². The monoisotopic (exact) mass is 269 g/mol. The van der Waals surface area contributed by atoms with Crippen LogP contribution in [0.25, 0.3) is 10.4 Å². The van der Waals surface area contributed by atoms with Crippen LogP contribution in [0.1, 0.15) is 9.67 Å². The molecule has 0 unspecified atom stereocenters. The average molecular weight is 269 g/mol. The summed E-state index contributed by atoms with van der Waals surface area (Å²) in [7, 11) is 1.23. The fraction of sp³-hybridized carbons (Fsp3) is 0.0833. The molecule has 18 heavy (non-hydrogen) atoms. The van der Waals surface area contributed by atoms with E-state index in [1.165, 1.54) is 13.2 Å². The first-order valence-electron chi connectivity index (χ1n) is 4.96. The van der Waals surface area contributed by atoms with Crippen molar-refractivity contribution in [2.45, 2.75) is 0 Å². The van der Waals surface area contributed by atoms with Gasteiger partial charge in [-0.15, -0.1) is 11.3 Å². The van der Waals surface area contributed by atoms with Crippen LogP contribution in [0.4, 0.5) is 14.5 Å². The van der Waals surface area contributed by atoms with Crippen LogP contribution in [0, 0.1) is 11.6 Å². The molecule has 2 N–H and O–H groups in total. The van der Waals surface area contributed by atoms with E-state index in [0.29, 0.717) is 4.88 Å². The second-order valence-electron chi connectivity index (χ2n) is 3.51. The number of ether oxygens (including phenoxy) is 1. The van der Waals surface area contributed by atoms with Crippen LogP contribution in [0.15, 0.2) is 24.3 Å². The van der Waals surface area contributed by atoms with Crippen molar-refractivity contribution in [3.8, 4) is 10.4 Å². The molecule has 0 bridgehead atoms. The molecule has 0 atom stereocenters. The highest BCUT2D eigenvalue weighted by Crippen LogP contribution is 2.35. The lowest BCUT2D eigenvalue weighted by molar-refractivity contribution is 0.0607. The highest BCUT2D eigenvalue weighted by atomic mass is 32.1. The number of esters is 1. The van der Waals surface area contributed by atoms with Gasteiger partial charge in [-0.1, -0.05) is 0 Å². The lowest BCUT2D eigenvalue weighted by Crippen LogP contribution is -2.00. The molecule has 2 rings (SSSR count). The molecule has 1 aromatic carbocycles. The Morgan fingerprint density at radius 3 is 2.72 bits per heavy atom. The molecule has 0 aliphatic heterocycles. The number of hydrogen-bond donors (Lipinski definition) is 1. The summed E-state index contributed by atoms with van der Waals surface area (Å²) in [5.41, 5.74) is 5.89. The molecule has 0 radical (unpaired) electrons. The van der Waals surface area contributed by atoms with Crippen LogP contribution in [-0.2, 0) is 4.74 Å². The van der Waals surface area contributed by atoms with E-state index in [0.717, 1.165) is 29.5 Å². The van der Waals surface area contributed by atoms with Crippen molar-refractivity contribution in [3.63, 3.8) is 0 Å². The number of carbonyl (C=O) groups is 1. The third kappa shape index (κ3) is 2.19. The van der Waals surface area contributed by atoms with Gasteiger partial charge in [0.2, 0.25) is 0 Å². The number of benzene rings is 1. The Balaban J connectivity index is 2.52. The minimum atomic E-state index is -0.597. The SMILES string of the molecule is COC(=O)c1sc(-c2cc(F)ccc2F)cc1N. The first-order valence-corrected chi connectivity index (χ1v) is 5.77. The highest BCUT2D eigenvalue weighted by molar-refractivity contribution is 7.18. The molecule has 94 valence electrons. The van der Waals surface area contributed by atoms with E-state index in [9.17, 15) is 13.6 Å². The Kier molecular flexibility index (Phi) is 3.29. The Bertz CT molecular complexity index is 610. The van der Waals surface area contributed by atoms with Crippen molar-refractivity contribution in [3.05, 3.63) is 40.8 Å². The Labute approximate surface area is 106 Å². The van der Waals surface area contributed by atoms with Crippen LogP contribution in [0.3, 0.4) is 0 Å². The van der Waals surface area contributed by atoms with E-state index >= 15 is 0 Å². The second kappa shape index (κ2) is 4.73. The summed E-state index contributed by atoms with van der Waals surface area (Å²) in [4.78, 5) is 11.9. The fourth-order valence-corrected chi connectivity index (χ4v) is 2.49. The molecular formula is C12H9F2NO2S. The van der Waals surface area contributed by atoms with E-state index in [2.05, 4.69) is 4.74 Å². The van der Waals surface area contributed by atoms with Gasteiger partial charge in [-0.3, -0.25) is 0 Å². The zero-order chi connectivity index (χ0) is 13.3. The summed E-state index contributed by atoms with van der Waals surface area (Å²) in [5, 5.41) is 0. The van der Waals surface area contributed by atoms with E-state index in [-0.39, 0.29) is 16.1 Å². The third-order valence-corrected chi connectivity index (χ3v) is 3.49. The molecule has 1 aromatic heterocycles. The first kappa shape index (κ1) is 12.5. The minimum absolute atomic E-state index is 0.0712. The number of nitrogens with two attached hydrogens (primary N) is 1. The Morgan fingerprint density at radius 2 is 2.06 bits per heavy atom. The van der Waals surface area contributed by atoms with Crippen molar-refractivity contribution in [2.75, 3.05) is 12.8 Å². The zero-order valence-electron chi connectivity index (χ0n) is 9.37. The smallest absolute Gasteiger partial charge is 0.350 e. The number of rotatable bonds is 2. The van der Waals surface area contributed by atoms with Crippen LogP contribution < -0.4 is 5.73 Å². The summed E-state index contributed by atoms with van der Waals surface area (Å²) in [5.74, 6) is -1.73. The van der Waals surface area contributed by atoms with Crippen LogP contribution in [0.2, 0.25) is 0 Å². The van der Waals surface area contributed by atoms with Gasteiger partial charge in [-0.2, -0.15) is 0 Å². The summed E-state index contributed by atoms with van der Waals surface area (Å²) < 4.78 is 31.2. The molecule has 0 saturated heterocycles. The molecule has 0 amide bonds. The summed E-state index contributed by atoms with van der Waals surface area (Å²) in [6.45, 7) is 0. The van der Waals surface area contributed by atoms with Crippen LogP contribution in [0.5, 0.6) is 0 Å². The van der Waals surface area contributed by atoms with Crippen molar-refractivity contribution in [1.82, 2.24) is 0 Å². The van der Waals surface area contributed by atoms with Gasteiger partial charge in [0.05, 0.1) is 12.8 Å². The molecule has 1 heterocycles. The maximum Gasteiger partial charge on any atom is 0.350 e. The van der Waals surface area contributed by atoms with Crippen LogP contribution >= 0.6 is 11.3 Å². The number of carbonyl (C=O) groups excluding carboxylic acids is 1. The van der Waals surface area contributed by atoms with Gasteiger partial charge in [0.25, 0.3) is 0 Å². The maximum absolute atomic E-state index is 13.6. The van der Waals surface area contributed by atoms with Gasteiger partial charge < -0.3 is 10.5 Å². The average Bonchev–Trinajstić information content (AvgIpc) is 2.73. The summed E-state index contributed by atoms with van der Waals surface area (Å²) in [6.07, 6.45) is 0. The molecule has 0 fully saturated rings. The predicted molar refractivity (Wildman–Crippen MR) is 65.4 cm³/mol. The second-order valence-corrected chi connectivity index (χ2v) is 4.56. The molecule has 2 aromatic rings. The van der Waals surface area contributed by atoms with Crippen molar-refractivity contribution in [2.24, 2.45) is 0 Å².